The van der Waals surface area contributed by atoms with E-state index in [2.05, 4.69) is 15.3 Å². The summed E-state index contributed by atoms with van der Waals surface area (Å²) in [5, 5.41) is 4.10. The van der Waals surface area contributed by atoms with Gasteiger partial charge >= 0.3 is 0 Å². The standard InChI is InChI=1S/C14H14N4OS/c1-15-9-5-6-16-13-10(9)11-12(20-13)14(19)18(7-17-11)8-3-2-4-8/h5-8H,2-4H2,1H3,(H,15,16). The maximum atomic E-state index is 12.6. The van der Waals surface area contributed by atoms with E-state index < -0.39 is 0 Å². The summed E-state index contributed by atoms with van der Waals surface area (Å²) in [6, 6.07) is 2.24. The van der Waals surface area contributed by atoms with Crippen LogP contribution < -0.4 is 10.9 Å². The van der Waals surface area contributed by atoms with E-state index >= 15 is 0 Å². The van der Waals surface area contributed by atoms with Gasteiger partial charge in [-0.1, -0.05) is 0 Å². The van der Waals surface area contributed by atoms with Crippen molar-refractivity contribution in [1.82, 2.24) is 14.5 Å². The van der Waals surface area contributed by atoms with E-state index in [-0.39, 0.29) is 5.56 Å². The molecular formula is C14H14N4OS. The predicted molar refractivity (Wildman–Crippen MR) is 81.6 cm³/mol. The van der Waals surface area contributed by atoms with Crippen LogP contribution in [0.3, 0.4) is 0 Å². The van der Waals surface area contributed by atoms with E-state index in [9.17, 15) is 4.79 Å². The number of anilines is 1. The highest BCUT2D eigenvalue weighted by molar-refractivity contribution is 7.25. The van der Waals surface area contributed by atoms with Crippen LogP contribution >= 0.6 is 11.3 Å². The van der Waals surface area contributed by atoms with Gasteiger partial charge in [-0.3, -0.25) is 9.36 Å². The summed E-state index contributed by atoms with van der Waals surface area (Å²) >= 11 is 1.44. The summed E-state index contributed by atoms with van der Waals surface area (Å²) in [4.78, 5) is 22.4. The molecule has 0 radical (unpaired) electrons. The summed E-state index contributed by atoms with van der Waals surface area (Å²) in [7, 11) is 1.87. The smallest absolute Gasteiger partial charge is 0.271 e. The highest BCUT2D eigenvalue weighted by atomic mass is 32.1. The van der Waals surface area contributed by atoms with E-state index in [0.29, 0.717) is 10.7 Å². The molecule has 1 aliphatic carbocycles. The first-order valence-corrected chi connectivity index (χ1v) is 7.57. The van der Waals surface area contributed by atoms with Crippen molar-refractivity contribution in [2.24, 2.45) is 0 Å². The monoisotopic (exact) mass is 286 g/mol. The van der Waals surface area contributed by atoms with Gasteiger partial charge in [0.05, 0.1) is 17.2 Å². The molecule has 0 spiro atoms. The van der Waals surface area contributed by atoms with Gasteiger partial charge in [-0.15, -0.1) is 11.3 Å². The Hall–Kier alpha value is -1.95. The lowest BCUT2D eigenvalue weighted by molar-refractivity contribution is 0.305. The van der Waals surface area contributed by atoms with Gasteiger partial charge in [0.2, 0.25) is 0 Å². The molecule has 20 heavy (non-hydrogen) atoms. The molecule has 3 heterocycles. The molecule has 1 saturated carbocycles. The quantitative estimate of drug-likeness (QED) is 0.787. The van der Waals surface area contributed by atoms with Crippen molar-refractivity contribution in [3.63, 3.8) is 0 Å². The molecule has 1 aliphatic rings. The summed E-state index contributed by atoms with van der Waals surface area (Å²) in [5.74, 6) is 0. The zero-order valence-electron chi connectivity index (χ0n) is 11.1. The average molecular weight is 286 g/mol. The molecule has 0 aromatic carbocycles. The first-order chi connectivity index (χ1) is 9.79. The first-order valence-electron chi connectivity index (χ1n) is 6.75. The van der Waals surface area contributed by atoms with Gasteiger partial charge in [-0.25, -0.2) is 9.97 Å². The number of thiophene rings is 1. The fourth-order valence-electron chi connectivity index (χ4n) is 2.70. The largest absolute Gasteiger partial charge is 0.387 e. The minimum atomic E-state index is 0.0738. The van der Waals surface area contributed by atoms with Crippen molar-refractivity contribution < 1.29 is 0 Å². The SMILES string of the molecule is CNc1ccnc2sc3c(=O)n(C4CCC4)cnc3c12. The molecule has 6 heteroatoms. The molecule has 1 N–H and O–H groups in total. The summed E-state index contributed by atoms with van der Waals surface area (Å²) < 4.78 is 2.50. The van der Waals surface area contributed by atoms with Crippen LogP contribution in [0.5, 0.6) is 0 Å². The normalized spacial score (nSPS) is 15.7. The Labute approximate surface area is 119 Å². The van der Waals surface area contributed by atoms with Gasteiger partial charge in [0, 0.05) is 25.0 Å². The summed E-state index contributed by atoms with van der Waals surface area (Å²) in [5.41, 5.74) is 1.81. The van der Waals surface area contributed by atoms with E-state index in [1.165, 1.54) is 17.8 Å². The Morgan fingerprint density at radius 2 is 2.25 bits per heavy atom. The summed E-state index contributed by atoms with van der Waals surface area (Å²) in [6.07, 6.45) is 6.82. The van der Waals surface area contributed by atoms with Crippen molar-refractivity contribution in [2.75, 3.05) is 12.4 Å². The van der Waals surface area contributed by atoms with Gasteiger partial charge in [-0.2, -0.15) is 0 Å². The fourth-order valence-corrected chi connectivity index (χ4v) is 3.76. The molecule has 102 valence electrons. The lowest BCUT2D eigenvalue weighted by atomic mass is 9.93. The lowest BCUT2D eigenvalue weighted by Gasteiger charge is -2.26. The van der Waals surface area contributed by atoms with E-state index in [1.807, 2.05) is 13.1 Å². The first kappa shape index (κ1) is 11.8. The molecule has 0 atom stereocenters. The van der Waals surface area contributed by atoms with Crippen LogP contribution in [0, 0.1) is 0 Å². The van der Waals surface area contributed by atoms with E-state index in [1.54, 1.807) is 17.1 Å². The number of nitrogens with zero attached hydrogens (tertiary/aromatic N) is 3. The Morgan fingerprint density at radius 1 is 1.40 bits per heavy atom. The number of hydrogen-bond acceptors (Lipinski definition) is 5. The molecule has 0 saturated heterocycles. The Balaban J connectivity index is 2.07. The number of rotatable bonds is 2. The number of pyridine rings is 1. The molecular weight excluding hydrogens is 272 g/mol. The highest BCUT2D eigenvalue weighted by Gasteiger charge is 2.23. The maximum Gasteiger partial charge on any atom is 0.271 e. The second-order valence-corrected chi connectivity index (χ2v) is 6.11. The Morgan fingerprint density at radius 3 is 2.95 bits per heavy atom. The minimum Gasteiger partial charge on any atom is -0.387 e. The Kier molecular flexibility index (Phi) is 2.53. The molecule has 3 aromatic heterocycles. The topological polar surface area (TPSA) is 59.8 Å². The molecule has 0 bridgehead atoms. The second kappa shape index (κ2) is 4.28. The van der Waals surface area contributed by atoms with E-state index in [0.717, 1.165) is 34.3 Å². The second-order valence-electron chi connectivity index (χ2n) is 5.11. The molecule has 0 aliphatic heterocycles. The number of nitrogens with one attached hydrogen (secondary N) is 1. The van der Waals surface area contributed by atoms with Gasteiger partial charge in [-0.05, 0) is 25.3 Å². The van der Waals surface area contributed by atoms with Gasteiger partial charge < -0.3 is 5.32 Å². The molecule has 1 fully saturated rings. The van der Waals surface area contributed by atoms with Gasteiger partial charge in [0.25, 0.3) is 5.56 Å². The van der Waals surface area contributed by atoms with Crippen molar-refractivity contribution in [1.29, 1.82) is 0 Å². The summed E-state index contributed by atoms with van der Waals surface area (Å²) in [6.45, 7) is 0. The number of aromatic nitrogens is 3. The zero-order chi connectivity index (χ0) is 13.7. The van der Waals surface area contributed by atoms with Crippen molar-refractivity contribution in [3.8, 4) is 0 Å². The van der Waals surface area contributed by atoms with Crippen LogP contribution in [0.1, 0.15) is 25.3 Å². The Bertz CT molecular complexity index is 863. The van der Waals surface area contributed by atoms with Gasteiger partial charge in [0.15, 0.2) is 0 Å². The van der Waals surface area contributed by atoms with Crippen LogP contribution in [0.25, 0.3) is 20.4 Å². The molecule has 0 unspecified atom stereocenters. The zero-order valence-corrected chi connectivity index (χ0v) is 11.9. The fraction of sp³-hybridized carbons (Fsp3) is 0.357. The van der Waals surface area contributed by atoms with Crippen molar-refractivity contribution in [2.45, 2.75) is 25.3 Å². The van der Waals surface area contributed by atoms with Crippen molar-refractivity contribution in [3.05, 3.63) is 28.9 Å². The van der Waals surface area contributed by atoms with Crippen LogP contribution in [0.2, 0.25) is 0 Å². The third-order valence-electron chi connectivity index (χ3n) is 4.04. The molecule has 5 nitrogen and oxygen atoms in total. The van der Waals surface area contributed by atoms with E-state index in [4.69, 9.17) is 0 Å². The number of fused-ring (bicyclic) bond motifs is 3. The molecule has 4 rings (SSSR count). The maximum absolute atomic E-state index is 12.6. The lowest BCUT2D eigenvalue weighted by Crippen LogP contribution is -2.28. The van der Waals surface area contributed by atoms with Crippen LogP contribution in [0.15, 0.2) is 23.4 Å². The van der Waals surface area contributed by atoms with Crippen molar-refractivity contribution >= 4 is 37.5 Å². The average Bonchev–Trinajstić information content (AvgIpc) is 2.79. The third-order valence-corrected chi connectivity index (χ3v) is 5.12. The minimum absolute atomic E-state index is 0.0738. The number of hydrogen-bond donors (Lipinski definition) is 1. The molecule has 0 amide bonds. The van der Waals surface area contributed by atoms with Crippen LogP contribution in [-0.4, -0.2) is 21.6 Å². The molecule has 3 aromatic rings. The van der Waals surface area contributed by atoms with Gasteiger partial charge in [0.1, 0.15) is 9.53 Å². The van der Waals surface area contributed by atoms with Crippen LogP contribution in [-0.2, 0) is 0 Å². The predicted octanol–water partition coefficient (Wildman–Crippen LogP) is 2.77. The third kappa shape index (κ3) is 1.51. The highest BCUT2D eigenvalue weighted by Crippen LogP contribution is 2.35. The van der Waals surface area contributed by atoms with Crippen LogP contribution in [0.4, 0.5) is 5.69 Å².